The summed E-state index contributed by atoms with van der Waals surface area (Å²) in [5.41, 5.74) is 4.14. The first-order valence-corrected chi connectivity index (χ1v) is 7.35. The van der Waals surface area contributed by atoms with Gasteiger partial charge in [-0.05, 0) is 20.3 Å². The number of methoxy groups -OCH3 is 1. The molecule has 0 saturated heterocycles. The fourth-order valence-corrected chi connectivity index (χ4v) is 2.16. The van der Waals surface area contributed by atoms with Crippen LogP contribution in [0.25, 0.3) is 0 Å². The third-order valence-electron chi connectivity index (χ3n) is 3.34. The molecular weight excluding hydrogens is 336 g/mol. The van der Waals surface area contributed by atoms with E-state index in [1.54, 1.807) is 0 Å². The molecule has 0 aliphatic carbocycles. The molecule has 0 unspecified atom stereocenters. The Morgan fingerprint density at radius 2 is 1.92 bits per heavy atom. The number of hydrogen-bond acceptors (Lipinski definition) is 8. The molecule has 25 heavy (non-hydrogen) atoms. The van der Waals surface area contributed by atoms with Crippen LogP contribution in [-0.4, -0.2) is 58.6 Å². The second-order valence-electron chi connectivity index (χ2n) is 6.01. The molecule has 0 radical (unpaired) electrons. The highest BCUT2D eigenvalue weighted by atomic mass is 16.6. The minimum Gasteiger partial charge on any atom is -0.480 e. The van der Waals surface area contributed by atoms with E-state index in [4.69, 9.17) is 15.6 Å². The summed E-state index contributed by atoms with van der Waals surface area (Å²) in [7, 11) is 1.04. The molecule has 0 saturated carbocycles. The van der Waals surface area contributed by atoms with E-state index in [1.807, 2.05) is 0 Å². The number of carboxylic acids is 1. The third-order valence-corrected chi connectivity index (χ3v) is 3.34. The number of ether oxygens (including phenoxy) is 2. The monoisotopic (exact) mass is 356 g/mol. The number of esters is 1. The van der Waals surface area contributed by atoms with Gasteiger partial charge in [-0.1, -0.05) is 0 Å². The van der Waals surface area contributed by atoms with Gasteiger partial charge in [0.25, 0.3) is 11.8 Å². The molecule has 10 heteroatoms. The van der Waals surface area contributed by atoms with Crippen molar-refractivity contribution in [3.8, 4) is 0 Å². The number of carbonyl (C=O) groups excluding carboxylic acids is 4. The number of aliphatic carboxylic acids is 1. The van der Waals surface area contributed by atoms with Crippen molar-refractivity contribution < 1.29 is 38.6 Å². The fraction of sp³-hybridized carbons (Fsp3) is 0.533. The Hall–Kier alpha value is -2.75. The minimum atomic E-state index is -1.23. The van der Waals surface area contributed by atoms with Crippen molar-refractivity contribution >= 4 is 29.8 Å². The summed E-state index contributed by atoms with van der Waals surface area (Å²) in [5, 5.41) is 8.66. The van der Waals surface area contributed by atoms with Crippen molar-refractivity contribution in [2.45, 2.75) is 44.8 Å². The van der Waals surface area contributed by atoms with Crippen LogP contribution in [0.15, 0.2) is 11.6 Å². The van der Waals surface area contributed by atoms with Crippen LogP contribution in [0.5, 0.6) is 0 Å². The lowest BCUT2D eigenvalue weighted by molar-refractivity contribution is -0.157. The van der Waals surface area contributed by atoms with Gasteiger partial charge in [-0.2, -0.15) is 4.90 Å². The predicted octanol–water partition coefficient (Wildman–Crippen LogP) is -0.0480. The maximum absolute atomic E-state index is 12.1. The summed E-state index contributed by atoms with van der Waals surface area (Å²) < 4.78 is 9.57. The van der Waals surface area contributed by atoms with E-state index in [0.29, 0.717) is 4.90 Å². The van der Waals surface area contributed by atoms with Crippen molar-refractivity contribution in [3.05, 3.63) is 11.6 Å². The molecule has 3 amide bonds. The number of nitrogens with two attached hydrogens (primary N) is 1. The van der Waals surface area contributed by atoms with E-state index < -0.39 is 41.5 Å². The lowest BCUT2D eigenvalue weighted by atomic mass is 9.98. The van der Waals surface area contributed by atoms with Gasteiger partial charge in [0, 0.05) is 24.5 Å². The number of rotatable bonds is 7. The second-order valence-corrected chi connectivity index (χ2v) is 6.01. The van der Waals surface area contributed by atoms with Gasteiger partial charge in [0.1, 0.15) is 11.6 Å². The highest BCUT2D eigenvalue weighted by Gasteiger charge is 2.39. The first-order chi connectivity index (χ1) is 11.5. The molecule has 0 fully saturated rings. The average Bonchev–Trinajstić information content (AvgIpc) is 2.76. The van der Waals surface area contributed by atoms with Crippen LogP contribution < -0.4 is 5.73 Å². The Kier molecular flexibility index (Phi) is 6.40. The van der Waals surface area contributed by atoms with E-state index in [1.165, 1.54) is 13.8 Å². The SMILES string of the molecule is COC(=O)N1C(=O)C=C(CC(C)(C)OC(=O)CC[C@H](N)C(=O)O)C1=O. The van der Waals surface area contributed by atoms with E-state index in [2.05, 4.69) is 4.74 Å². The molecule has 0 aromatic carbocycles. The number of nitrogens with zero attached hydrogens (tertiary/aromatic N) is 1. The average molecular weight is 356 g/mol. The van der Waals surface area contributed by atoms with E-state index in [-0.39, 0.29) is 24.8 Å². The first kappa shape index (κ1) is 20.3. The molecule has 1 rings (SSSR count). The third kappa shape index (κ3) is 5.38. The van der Waals surface area contributed by atoms with Crippen molar-refractivity contribution in [1.29, 1.82) is 0 Å². The number of hydrogen-bond donors (Lipinski definition) is 2. The van der Waals surface area contributed by atoms with Crippen LogP contribution in [-0.2, 0) is 28.7 Å². The maximum Gasteiger partial charge on any atom is 0.423 e. The lowest BCUT2D eigenvalue weighted by Crippen LogP contribution is -2.38. The number of imide groups is 3. The van der Waals surface area contributed by atoms with Gasteiger partial charge < -0.3 is 20.3 Å². The first-order valence-electron chi connectivity index (χ1n) is 7.35. The summed E-state index contributed by atoms with van der Waals surface area (Å²) in [6.07, 6.45) is -0.534. The zero-order chi connectivity index (χ0) is 19.4. The Balaban J connectivity index is 2.66. The summed E-state index contributed by atoms with van der Waals surface area (Å²) in [4.78, 5) is 57.9. The van der Waals surface area contributed by atoms with Crippen LogP contribution in [0, 0.1) is 0 Å². The molecule has 1 aliphatic rings. The van der Waals surface area contributed by atoms with Gasteiger partial charge in [-0.25, -0.2) is 4.79 Å². The molecule has 0 spiro atoms. The summed E-state index contributed by atoms with van der Waals surface area (Å²) in [6, 6.07) is -1.18. The number of amides is 3. The Bertz CT molecular complexity index is 637. The highest BCUT2D eigenvalue weighted by molar-refractivity contribution is 6.23. The smallest absolute Gasteiger partial charge is 0.423 e. The van der Waals surface area contributed by atoms with Gasteiger partial charge in [0.15, 0.2) is 0 Å². The van der Waals surface area contributed by atoms with Crippen LogP contribution in [0.3, 0.4) is 0 Å². The van der Waals surface area contributed by atoms with Crippen molar-refractivity contribution in [1.82, 2.24) is 4.90 Å². The fourth-order valence-electron chi connectivity index (χ4n) is 2.16. The van der Waals surface area contributed by atoms with Crippen LogP contribution in [0.2, 0.25) is 0 Å². The molecule has 3 N–H and O–H groups in total. The molecule has 1 heterocycles. The zero-order valence-corrected chi connectivity index (χ0v) is 14.1. The largest absolute Gasteiger partial charge is 0.480 e. The van der Waals surface area contributed by atoms with Gasteiger partial charge in [-0.15, -0.1) is 0 Å². The Morgan fingerprint density at radius 1 is 1.32 bits per heavy atom. The van der Waals surface area contributed by atoms with E-state index in [9.17, 15) is 24.0 Å². The predicted molar refractivity (Wildman–Crippen MR) is 82.0 cm³/mol. The molecule has 138 valence electrons. The zero-order valence-electron chi connectivity index (χ0n) is 14.1. The standard InChI is InChI=1S/C15H20N2O8/c1-15(2,25-11(19)5-4-9(16)13(21)22)7-8-6-10(18)17(12(8)20)14(23)24-3/h6,9H,4-5,7,16H2,1-3H3,(H,21,22)/t9-/m0/s1. The van der Waals surface area contributed by atoms with Crippen LogP contribution in [0.1, 0.15) is 33.1 Å². The summed E-state index contributed by atoms with van der Waals surface area (Å²) in [6.45, 7) is 3.03. The van der Waals surface area contributed by atoms with Gasteiger partial charge in [0.2, 0.25) is 0 Å². The lowest BCUT2D eigenvalue weighted by Gasteiger charge is -2.25. The molecule has 0 aromatic heterocycles. The quantitative estimate of drug-likeness (QED) is 0.472. The second kappa shape index (κ2) is 7.88. The normalized spacial score (nSPS) is 15.7. The van der Waals surface area contributed by atoms with Crippen molar-refractivity contribution in [2.75, 3.05) is 7.11 Å². The summed E-state index contributed by atoms with van der Waals surface area (Å²) >= 11 is 0. The summed E-state index contributed by atoms with van der Waals surface area (Å²) in [5.74, 6) is -3.59. The highest BCUT2D eigenvalue weighted by Crippen LogP contribution is 2.26. The van der Waals surface area contributed by atoms with Crippen molar-refractivity contribution in [3.63, 3.8) is 0 Å². The molecule has 0 aromatic rings. The topological polar surface area (TPSA) is 153 Å². The molecule has 10 nitrogen and oxygen atoms in total. The van der Waals surface area contributed by atoms with Crippen LogP contribution in [0.4, 0.5) is 4.79 Å². The molecule has 1 aliphatic heterocycles. The van der Waals surface area contributed by atoms with Gasteiger partial charge in [-0.3, -0.25) is 19.2 Å². The van der Waals surface area contributed by atoms with Crippen LogP contribution >= 0.6 is 0 Å². The van der Waals surface area contributed by atoms with E-state index in [0.717, 1.165) is 13.2 Å². The van der Waals surface area contributed by atoms with Crippen molar-refractivity contribution in [2.24, 2.45) is 5.73 Å². The Labute approximate surface area is 143 Å². The molecule has 1 atom stereocenters. The minimum absolute atomic E-state index is 0.00422. The number of carbonyl (C=O) groups is 5. The molecular formula is C15H20N2O8. The molecule has 0 bridgehead atoms. The van der Waals surface area contributed by atoms with Gasteiger partial charge >= 0.3 is 18.0 Å². The number of carboxylic acid groups (broad SMARTS) is 1. The van der Waals surface area contributed by atoms with E-state index >= 15 is 0 Å². The Morgan fingerprint density at radius 3 is 2.44 bits per heavy atom. The maximum atomic E-state index is 12.1. The van der Waals surface area contributed by atoms with Gasteiger partial charge in [0.05, 0.1) is 7.11 Å².